The number of piperidine rings is 1. The summed E-state index contributed by atoms with van der Waals surface area (Å²) >= 11 is 0. The number of nitrogens with zero attached hydrogens (tertiary/aromatic N) is 1. The largest absolute Gasteiger partial charge is 0.480 e. The zero-order chi connectivity index (χ0) is 13.2. The fraction of sp³-hybridized carbons (Fsp3) is 0.333. The Morgan fingerprint density at radius 3 is 3.05 bits per heavy atom. The molecule has 1 aromatic carbocycles. The molecule has 98 valence electrons. The van der Waals surface area contributed by atoms with Gasteiger partial charge in [-0.05, 0) is 43.0 Å². The van der Waals surface area contributed by atoms with Crippen molar-refractivity contribution in [2.24, 2.45) is 0 Å². The quantitative estimate of drug-likeness (QED) is 0.866. The third-order valence-corrected chi connectivity index (χ3v) is 3.72. The summed E-state index contributed by atoms with van der Waals surface area (Å²) in [4.78, 5) is 15.4. The summed E-state index contributed by atoms with van der Waals surface area (Å²) in [5, 5.41) is 13.4. The first-order valence-corrected chi connectivity index (χ1v) is 6.57. The minimum atomic E-state index is -0.757. The van der Waals surface area contributed by atoms with Crippen molar-refractivity contribution in [2.75, 3.05) is 0 Å². The van der Waals surface area contributed by atoms with Crippen molar-refractivity contribution in [3.8, 4) is 0 Å². The highest BCUT2D eigenvalue weighted by Crippen LogP contribution is 2.27. The minimum Gasteiger partial charge on any atom is -0.480 e. The van der Waals surface area contributed by atoms with Crippen molar-refractivity contribution < 1.29 is 9.90 Å². The summed E-state index contributed by atoms with van der Waals surface area (Å²) in [6.07, 6.45) is 4.41. The molecule has 0 spiro atoms. The van der Waals surface area contributed by atoms with Gasteiger partial charge in [-0.1, -0.05) is 12.1 Å². The lowest BCUT2D eigenvalue weighted by molar-refractivity contribution is -0.140. The Hall–Kier alpha value is -1.94. The van der Waals surface area contributed by atoms with Gasteiger partial charge < -0.3 is 5.11 Å². The fourth-order valence-electron chi connectivity index (χ4n) is 2.70. The number of nitrogens with one attached hydrogen (secondary N) is 1. The van der Waals surface area contributed by atoms with Crippen molar-refractivity contribution in [2.45, 2.75) is 31.3 Å². The predicted octanol–water partition coefficient (Wildman–Crippen LogP) is 2.50. The van der Waals surface area contributed by atoms with E-state index < -0.39 is 12.0 Å². The molecule has 1 aliphatic rings. The number of aromatic nitrogens is 1. The molecule has 2 aromatic rings. The highest BCUT2D eigenvalue weighted by molar-refractivity contribution is 5.79. The summed E-state index contributed by atoms with van der Waals surface area (Å²) in [6, 6.07) is 9.78. The zero-order valence-electron chi connectivity index (χ0n) is 10.5. The van der Waals surface area contributed by atoms with E-state index in [4.69, 9.17) is 5.11 Å². The van der Waals surface area contributed by atoms with Gasteiger partial charge in [0, 0.05) is 17.6 Å². The van der Waals surface area contributed by atoms with E-state index in [0.29, 0.717) is 6.42 Å². The average Bonchev–Trinajstić information content (AvgIpc) is 2.47. The fourth-order valence-corrected chi connectivity index (χ4v) is 2.70. The van der Waals surface area contributed by atoms with Crippen LogP contribution in [0.1, 0.15) is 30.9 Å². The second-order valence-electron chi connectivity index (χ2n) is 5.00. The molecule has 3 rings (SSSR count). The van der Waals surface area contributed by atoms with Crippen LogP contribution in [0.5, 0.6) is 0 Å². The first kappa shape index (κ1) is 12.1. The van der Waals surface area contributed by atoms with Gasteiger partial charge in [0.15, 0.2) is 0 Å². The Balaban J connectivity index is 1.89. The average molecular weight is 256 g/mol. The molecule has 2 unspecified atom stereocenters. The number of hydrogen-bond acceptors (Lipinski definition) is 3. The van der Waals surface area contributed by atoms with E-state index in [1.807, 2.05) is 24.3 Å². The van der Waals surface area contributed by atoms with Gasteiger partial charge >= 0.3 is 5.97 Å². The molecule has 0 saturated carbocycles. The molecule has 2 heterocycles. The van der Waals surface area contributed by atoms with E-state index in [9.17, 15) is 4.79 Å². The standard InChI is InChI=1S/C15H16N2O2/c18-15(19)14-5-1-4-13(17-14)11-6-7-12-10(9-11)3-2-8-16-12/h2-3,6-9,13-14,17H,1,4-5H2,(H,18,19). The lowest BCUT2D eigenvalue weighted by Crippen LogP contribution is -2.42. The van der Waals surface area contributed by atoms with Gasteiger partial charge in [-0.25, -0.2) is 0 Å². The Labute approximate surface area is 111 Å². The van der Waals surface area contributed by atoms with Crippen molar-refractivity contribution >= 4 is 16.9 Å². The lowest BCUT2D eigenvalue weighted by atomic mass is 9.93. The molecule has 1 aromatic heterocycles. The maximum atomic E-state index is 11.1. The molecular weight excluding hydrogens is 240 g/mol. The van der Waals surface area contributed by atoms with Gasteiger partial charge in [0.25, 0.3) is 0 Å². The highest BCUT2D eigenvalue weighted by Gasteiger charge is 2.26. The van der Waals surface area contributed by atoms with Gasteiger partial charge in [0.05, 0.1) is 5.52 Å². The minimum absolute atomic E-state index is 0.124. The van der Waals surface area contributed by atoms with Crippen LogP contribution < -0.4 is 5.32 Å². The number of aliphatic carboxylic acids is 1. The second kappa shape index (κ2) is 4.97. The van der Waals surface area contributed by atoms with Gasteiger partial charge in [0.2, 0.25) is 0 Å². The van der Waals surface area contributed by atoms with Crippen molar-refractivity contribution in [3.63, 3.8) is 0 Å². The Morgan fingerprint density at radius 2 is 2.21 bits per heavy atom. The number of rotatable bonds is 2. The number of benzene rings is 1. The van der Waals surface area contributed by atoms with Crippen LogP contribution in [0.15, 0.2) is 36.5 Å². The lowest BCUT2D eigenvalue weighted by Gasteiger charge is -2.29. The second-order valence-corrected chi connectivity index (χ2v) is 5.00. The van der Waals surface area contributed by atoms with Crippen LogP contribution in [0.25, 0.3) is 10.9 Å². The smallest absolute Gasteiger partial charge is 0.320 e. The van der Waals surface area contributed by atoms with Gasteiger partial charge in [-0.15, -0.1) is 0 Å². The number of pyridine rings is 1. The van der Waals surface area contributed by atoms with Crippen LogP contribution in [-0.4, -0.2) is 22.1 Å². The molecule has 19 heavy (non-hydrogen) atoms. The molecule has 4 heteroatoms. The Morgan fingerprint density at radius 1 is 1.32 bits per heavy atom. The monoisotopic (exact) mass is 256 g/mol. The number of fused-ring (bicyclic) bond motifs is 1. The SMILES string of the molecule is O=C(O)C1CCCC(c2ccc3ncccc3c2)N1. The van der Waals surface area contributed by atoms with E-state index >= 15 is 0 Å². The summed E-state index contributed by atoms with van der Waals surface area (Å²) in [7, 11) is 0. The highest BCUT2D eigenvalue weighted by atomic mass is 16.4. The van der Waals surface area contributed by atoms with E-state index in [1.165, 1.54) is 0 Å². The maximum absolute atomic E-state index is 11.1. The first-order chi connectivity index (χ1) is 9.24. The molecule has 0 aliphatic carbocycles. The summed E-state index contributed by atoms with van der Waals surface area (Å²) in [5.74, 6) is -0.757. The van der Waals surface area contributed by atoms with Crippen LogP contribution in [-0.2, 0) is 4.79 Å². The molecule has 2 atom stereocenters. The number of carboxylic acids is 1. The Kier molecular flexibility index (Phi) is 3.17. The number of hydrogen-bond donors (Lipinski definition) is 2. The molecular formula is C15H16N2O2. The molecule has 0 radical (unpaired) electrons. The molecule has 1 saturated heterocycles. The van der Waals surface area contributed by atoms with E-state index in [2.05, 4.69) is 16.4 Å². The Bertz CT molecular complexity index is 612. The third kappa shape index (κ3) is 2.44. The molecule has 0 bridgehead atoms. The van der Waals surface area contributed by atoms with Gasteiger partial charge in [0.1, 0.15) is 6.04 Å². The maximum Gasteiger partial charge on any atom is 0.320 e. The van der Waals surface area contributed by atoms with Crippen molar-refractivity contribution in [1.29, 1.82) is 0 Å². The molecule has 1 aliphatic heterocycles. The number of carboxylic acid groups (broad SMARTS) is 1. The van der Waals surface area contributed by atoms with Crippen LogP contribution in [0.3, 0.4) is 0 Å². The van der Waals surface area contributed by atoms with Crippen LogP contribution >= 0.6 is 0 Å². The third-order valence-electron chi connectivity index (χ3n) is 3.72. The summed E-state index contributed by atoms with van der Waals surface area (Å²) in [6.45, 7) is 0. The van der Waals surface area contributed by atoms with Crippen LogP contribution in [0.2, 0.25) is 0 Å². The molecule has 2 N–H and O–H groups in total. The van der Waals surface area contributed by atoms with E-state index in [0.717, 1.165) is 29.3 Å². The van der Waals surface area contributed by atoms with Crippen molar-refractivity contribution in [1.82, 2.24) is 10.3 Å². The zero-order valence-corrected chi connectivity index (χ0v) is 10.5. The van der Waals surface area contributed by atoms with Crippen LogP contribution in [0, 0.1) is 0 Å². The molecule has 4 nitrogen and oxygen atoms in total. The molecule has 0 amide bonds. The molecule has 1 fully saturated rings. The topological polar surface area (TPSA) is 62.2 Å². The van der Waals surface area contributed by atoms with Gasteiger partial charge in [-0.2, -0.15) is 0 Å². The predicted molar refractivity (Wildman–Crippen MR) is 72.9 cm³/mol. The first-order valence-electron chi connectivity index (χ1n) is 6.57. The van der Waals surface area contributed by atoms with E-state index in [1.54, 1.807) is 6.20 Å². The summed E-state index contributed by atoms with van der Waals surface area (Å²) in [5.41, 5.74) is 2.11. The van der Waals surface area contributed by atoms with Gasteiger partial charge in [-0.3, -0.25) is 15.1 Å². The number of carbonyl (C=O) groups is 1. The van der Waals surface area contributed by atoms with E-state index in [-0.39, 0.29) is 6.04 Å². The van der Waals surface area contributed by atoms with Crippen LogP contribution in [0.4, 0.5) is 0 Å². The normalized spacial score (nSPS) is 23.4. The van der Waals surface area contributed by atoms with Crippen molar-refractivity contribution in [3.05, 3.63) is 42.1 Å². The summed E-state index contributed by atoms with van der Waals surface area (Å²) < 4.78 is 0.